The third kappa shape index (κ3) is 5.44. The lowest BCUT2D eigenvalue weighted by Crippen LogP contribution is -2.39. The SMILES string of the molecule is CCNC(=NCc1nnc2n1CCCC2)NCC(C)C.I. The van der Waals surface area contributed by atoms with Gasteiger partial charge in [-0.3, -0.25) is 0 Å². The van der Waals surface area contributed by atoms with Gasteiger partial charge in [0.2, 0.25) is 0 Å². The molecule has 1 aliphatic heterocycles. The van der Waals surface area contributed by atoms with Gasteiger partial charge in [0.05, 0.1) is 0 Å². The quantitative estimate of drug-likeness (QED) is 0.446. The topological polar surface area (TPSA) is 67.1 Å². The summed E-state index contributed by atoms with van der Waals surface area (Å²) in [6.45, 7) is 9.84. The average molecular weight is 406 g/mol. The van der Waals surface area contributed by atoms with E-state index in [9.17, 15) is 0 Å². The zero-order valence-electron chi connectivity index (χ0n) is 13.2. The molecule has 1 aromatic rings. The Bertz CT molecular complexity index is 454. The van der Waals surface area contributed by atoms with Crippen LogP contribution in [0.25, 0.3) is 0 Å². The molecule has 0 saturated carbocycles. The summed E-state index contributed by atoms with van der Waals surface area (Å²) in [5.74, 6) is 3.54. The molecule has 0 atom stereocenters. The molecule has 6 nitrogen and oxygen atoms in total. The fourth-order valence-electron chi connectivity index (χ4n) is 2.28. The largest absolute Gasteiger partial charge is 0.357 e. The van der Waals surface area contributed by atoms with E-state index < -0.39 is 0 Å². The van der Waals surface area contributed by atoms with Crippen LogP contribution in [0, 0.1) is 5.92 Å². The minimum absolute atomic E-state index is 0. The lowest BCUT2D eigenvalue weighted by atomic mass is 10.2. The molecule has 0 bridgehead atoms. The highest BCUT2D eigenvalue weighted by atomic mass is 127. The number of halogens is 1. The summed E-state index contributed by atoms with van der Waals surface area (Å²) in [5.41, 5.74) is 0. The van der Waals surface area contributed by atoms with Crippen LogP contribution in [-0.4, -0.2) is 33.8 Å². The van der Waals surface area contributed by atoms with E-state index >= 15 is 0 Å². The van der Waals surface area contributed by atoms with Crippen molar-refractivity contribution in [1.82, 2.24) is 25.4 Å². The fraction of sp³-hybridized carbons (Fsp3) is 0.786. The molecule has 120 valence electrons. The first-order chi connectivity index (χ1) is 9.70. The lowest BCUT2D eigenvalue weighted by Gasteiger charge is -2.15. The van der Waals surface area contributed by atoms with Crippen LogP contribution < -0.4 is 10.6 Å². The Morgan fingerprint density at radius 3 is 2.81 bits per heavy atom. The third-order valence-electron chi connectivity index (χ3n) is 3.34. The van der Waals surface area contributed by atoms with Crippen molar-refractivity contribution in [3.8, 4) is 0 Å². The first-order valence-electron chi connectivity index (χ1n) is 7.63. The van der Waals surface area contributed by atoms with Crippen molar-refractivity contribution in [3.05, 3.63) is 11.6 Å². The molecule has 0 saturated heterocycles. The molecular formula is C14H27IN6. The van der Waals surface area contributed by atoms with Gasteiger partial charge in [0, 0.05) is 26.1 Å². The number of nitrogens with zero attached hydrogens (tertiary/aromatic N) is 4. The Hall–Kier alpha value is -0.860. The Labute approximate surface area is 144 Å². The maximum absolute atomic E-state index is 4.61. The third-order valence-corrected chi connectivity index (χ3v) is 3.34. The molecule has 0 fully saturated rings. The molecule has 1 aliphatic rings. The van der Waals surface area contributed by atoms with Crippen molar-refractivity contribution in [3.63, 3.8) is 0 Å². The summed E-state index contributed by atoms with van der Waals surface area (Å²) in [5, 5.41) is 15.1. The van der Waals surface area contributed by atoms with E-state index in [1.165, 1.54) is 12.8 Å². The van der Waals surface area contributed by atoms with Crippen molar-refractivity contribution in [2.45, 2.75) is 53.1 Å². The number of aliphatic imine (C=N–C) groups is 1. The number of hydrogen-bond donors (Lipinski definition) is 2. The van der Waals surface area contributed by atoms with E-state index in [-0.39, 0.29) is 24.0 Å². The predicted molar refractivity (Wildman–Crippen MR) is 96.0 cm³/mol. The van der Waals surface area contributed by atoms with Crippen LogP contribution >= 0.6 is 24.0 Å². The van der Waals surface area contributed by atoms with Crippen LogP contribution in [0.3, 0.4) is 0 Å². The molecular weight excluding hydrogens is 379 g/mol. The number of rotatable bonds is 5. The zero-order chi connectivity index (χ0) is 14.4. The van der Waals surface area contributed by atoms with Crippen LogP contribution in [0.4, 0.5) is 0 Å². The highest BCUT2D eigenvalue weighted by Crippen LogP contribution is 2.14. The Morgan fingerprint density at radius 1 is 1.29 bits per heavy atom. The number of aromatic nitrogens is 3. The first kappa shape index (κ1) is 18.2. The van der Waals surface area contributed by atoms with E-state index in [1.807, 2.05) is 0 Å². The van der Waals surface area contributed by atoms with E-state index in [0.717, 1.165) is 43.7 Å². The second-order valence-corrected chi connectivity index (χ2v) is 5.61. The summed E-state index contributed by atoms with van der Waals surface area (Å²) in [7, 11) is 0. The normalized spacial score (nSPS) is 14.6. The molecule has 21 heavy (non-hydrogen) atoms. The van der Waals surface area contributed by atoms with Crippen molar-refractivity contribution in [2.24, 2.45) is 10.9 Å². The molecule has 2 rings (SSSR count). The number of aryl methyl sites for hydroxylation is 1. The molecule has 0 unspecified atom stereocenters. The number of nitrogens with one attached hydrogen (secondary N) is 2. The molecule has 0 amide bonds. The van der Waals surface area contributed by atoms with Gasteiger partial charge in [0.1, 0.15) is 12.4 Å². The van der Waals surface area contributed by atoms with Gasteiger partial charge in [-0.25, -0.2) is 4.99 Å². The van der Waals surface area contributed by atoms with Gasteiger partial charge in [-0.05, 0) is 25.7 Å². The number of fused-ring (bicyclic) bond motifs is 1. The number of hydrogen-bond acceptors (Lipinski definition) is 3. The Morgan fingerprint density at radius 2 is 2.10 bits per heavy atom. The zero-order valence-corrected chi connectivity index (χ0v) is 15.6. The molecule has 0 aromatic carbocycles. The predicted octanol–water partition coefficient (Wildman–Crippen LogP) is 1.94. The van der Waals surface area contributed by atoms with Crippen LogP contribution in [0.5, 0.6) is 0 Å². The fourth-order valence-corrected chi connectivity index (χ4v) is 2.28. The van der Waals surface area contributed by atoms with Gasteiger partial charge >= 0.3 is 0 Å². The monoisotopic (exact) mass is 406 g/mol. The number of guanidine groups is 1. The van der Waals surface area contributed by atoms with Crippen molar-refractivity contribution in [1.29, 1.82) is 0 Å². The van der Waals surface area contributed by atoms with Crippen LogP contribution in [-0.2, 0) is 19.5 Å². The second-order valence-electron chi connectivity index (χ2n) is 5.61. The minimum atomic E-state index is 0. The van der Waals surface area contributed by atoms with E-state index in [0.29, 0.717) is 12.5 Å². The van der Waals surface area contributed by atoms with Crippen molar-refractivity contribution in [2.75, 3.05) is 13.1 Å². The van der Waals surface area contributed by atoms with E-state index in [2.05, 4.69) is 51.2 Å². The maximum atomic E-state index is 4.61. The van der Waals surface area contributed by atoms with Crippen LogP contribution in [0.15, 0.2) is 4.99 Å². The molecule has 7 heteroatoms. The van der Waals surface area contributed by atoms with Gasteiger partial charge in [-0.2, -0.15) is 0 Å². The molecule has 1 aromatic heterocycles. The molecule has 0 aliphatic carbocycles. The van der Waals surface area contributed by atoms with E-state index in [1.54, 1.807) is 0 Å². The van der Waals surface area contributed by atoms with Crippen LogP contribution in [0.1, 0.15) is 45.3 Å². The summed E-state index contributed by atoms with van der Waals surface area (Å²) in [4.78, 5) is 4.61. The average Bonchev–Trinajstić information content (AvgIpc) is 2.85. The molecule has 2 heterocycles. The Balaban J connectivity index is 0.00000220. The van der Waals surface area contributed by atoms with Crippen LogP contribution in [0.2, 0.25) is 0 Å². The highest BCUT2D eigenvalue weighted by molar-refractivity contribution is 14.0. The molecule has 0 spiro atoms. The summed E-state index contributed by atoms with van der Waals surface area (Å²) >= 11 is 0. The van der Waals surface area contributed by atoms with Gasteiger partial charge in [0.15, 0.2) is 11.8 Å². The first-order valence-corrected chi connectivity index (χ1v) is 7.63. The molecule has 2 N–H and O–H groups in total. The van der Waals surface area contributed by atoms with Crippen molar-refractivity contribution < 1.29 is 0 Å². The summed E-state index contributed by atoms with van der Waals surface area (Å²) < 4.78 is 2.22. The minimum Gasteiger partial charge on any atom is -0.357 e. The van der Waals surface area contributed by atoms with Gasteiger partial charge in [0.25, 0.3) is 0 Å². The molecule has 0 radical (unpaired) electrons. The second kappa shape index (κ2) is 9.22. The van der Waals surface area contributed by atoms with E-state index in [4.69, 9.17) is 0 Å². The summed E-state index contributed by atoms with van der Waals surface area (Å²) in [6.07, 6.45) is 3.48. The highest BCUT2D eigenvalue weighted by Gasteiger charge is 2.15. The van der Waals surface area contributed by atoms with Gasteiger partial charge in [-0.1, -0.05) is 13.8 Å². The maximum Gasteiger partial charge on any atom is 0.191 e. The van der Waals surface area contributed by atoms with Gasteiger partial charge in [-0.15, -0.1) is 34.2 Å². The standard InChI is InChI=1S/C14H26N6.HI/c1-4-15-14(16-9-11(2)3)17-10-13-19-18-12-7-5-6-8-20(12)13;/h11H,4-10H2,1-3H3,(H2,15,16,17);1H. The Kier molecular flexibility index (Phi) is 7.98. The summed E-state index contributed by atoms with van der Waals surface area (Å²) in [6, 6.07) is 0. The smallest absolute Gasteiger partial charge is 0.191 e. The lowest BCUT2D eigenvalue weighted by molar-refractivity contribution is 0.508. The van der Waals surface area contributed by atoms with Gasteiger partial charge < -0.3 is 15.2 Å². The van der Waals surface area contributed by atoms with Crippen molar-refractivity contribution >= 4 is 29.9 Å².